The second kappa shape index (κ2) is 4.94. The number of aliphatic hydroxyl groups excluding tert-OH is 1. The van der Waals surface area contributed by atoms with Gasteiger partial charge in [-0.3, -0.25) is 0 Å². The van der Waals surface area contributed by atoms with E-state index in [9.17, 15) is 9.90 Å². The Kier molecular flexibility index (Phi) is 3.60. The maximum Gasteiger partial charge on any atom is 0.329 e. The van der Waals surface area contributed by atoms with Gasteiger partial charge in [0.05, 0.1) is 11.7 Å². The van der Waals surface area contributed by atoms with E-state index in [4.69, 9.17) is 4.52 Å². The maximum absolute atomic E-state index is 12.3. The van der Waals surface area contributed by atoms with Gasteiger partial charge in [-0.2, -0.15) is 0 Å². The molecule has 20 heavy (non-hydrogen) atoms. The number of aromatic nitrogens is 1. The van der Waals surface area contributed by atoms with Gasteiger partial charge in [0.25, 0.3) is 0 Å². The zero-order valence-electron chi connectivity index (χ0n) is 12.3. The molecule has 2 amide bonds. The lowest BCUT2D eigenvalue weighted by atomic mass is 9.92. The van der Waals surface area contributed by atoms with Crippen LogP contribution in [-0.4, -0.2) is 40.0 Å². The minimum atomic E-state index is -0.955. The fraction of sp³-hybridized carbons (Fsp3) is 0.571. The third-order valence-corrected chi connectivity index (χ3v) is 3.47. The van der Waals surface area contributed by atoms with Crippen LogP contribution in [0.25, 0.3) is 0 Å². The van der Waals surface area contributed by atoms with E-state index < -0.39 is 6.23 Å². The molecule has 110 valence electrons. The van der Waals surface area contributed by atoms with Gasteiger partial charge in [-0.05, 0) is 6.92 Å². The topological polar surface area (TPSA) is 69.8 Å². The van der Waals surface area contributed by atoms with E-state index >= 15 is 0 Å². The van der Waals surface area contributed by atoms with Gasteiger partial charge in [-0.25, -0.2) is 9.69 Å². The van der Waals surface area contributed by atoms with Crippen molar-refractivity contribution in [2.45, 2.75) is 45.4 Å². The summed E-state index contributed by atoms with van der Waals surface area (Å²) in [7, 11) is 0. The molecule has 1 aliphatic rings. The van der Waals surface area contributed by atoms with E-state index in [-0.39, 0.29) is 23.4 Å². The minimum Gasteiger partial charge on any atom is -0.371 e. The average molecular weight is 279 g/mol. The second-order valence-electron chi connectivity index (χ2n) is 6.05. The van der Waals surface area contributed by atoms with Gasteiger partial charge >= 0.3 is 6.03 Å². The fourth-order valence-electron chi connectivity index (χ4n) is 2.14. The van der Waals surface area contributed by atoms with Gasteiger partial charge in [-0.1, -0.05) is 32.0 Å². The third-order valence-electron chi connectivity index (χ3n) is 3.47. The van der Waals surface area contributed by atoms with Crippen LogP contribution in [0.4, 0.5) is 10.7 Å². The molecular weight excluding hydrogens is 258 g/mol. The highest BCUT2D eigenvalue weighted by atomic mass is 16.5. The number of hydrogen-bond donors (Lipinski definition) is 1. The number of rotatable bonds is 3. The molecule has 0 aliphatic carbocycles. The number of aliphatic hydroxyl groups is 1. The minimum absolute atomic E-state index is 0.179. The summed E-state index contributed by atoms with van der Waals surface area (Å²) in [5.41, 5.74) is 0.560. The SMILES string of the molecule is C=CCN1C(=O)N(c2cc(C(C)(C)C)no2)C(O)C1C. The number of carbonyl (C=O) groups is 1. The van der Waals surface area contributed by atoms with E-state index in [0.717, 1.165) is 5.69 Å². The first kappa shape index (κ1) is 14.6. The van der Waals surface area contributed by atoms with Gasteiger partial charge < -0.3 is 14.5 Å². The molecule has 0 aromatic carbocycles. The summed E-state index contributed by atoms with van der Waals surface area (Å²) in [6.45, 7) is 11.8. The van der Waals surface area contributed by atoms with Gasteiger partial charge in [0.15, 0.2) is 6.23 Å². The lowest BCUT2D eigenvalue weighted by Gasteiger charge is -2.17. The van der Waals surface area contributed by atoms with Crippen LogP contribution >= 0.6 is 0 Å². The summed E-state index contributed by atoms with van der Waals surface area (Å²) in [5.74, 6) is 0.269. The fourth-order valence-corrected chi connectivity index (χ4v) is 2.14. The lowest BCUT2D eigenvalue weighted by molar-refractivity contribution is 0.130. The number of anilines is 1. The molecule has 1 aromatic heterocycles. The van der Waals surface area contributed by atoms with Gasteiger partial charge in [0, 0.05) is 18.0 Å². The van der Waals surface area contributed by atoms with Crippen LogP contribution in [0.15, 0.2) is 23.2 Å². The van der Waals surface area contributed by atoms with Crippen molar-refractivity contribution in [1.29, 1.82) is 0 Å². The maximum atomic E-state index is 12.3. The van der Waals surface area contributed by atoms with Crippen molar-refractivity contribution in [2.75, 3.05) is 11.4 Å². The summed E-state index contributed by atoms with van der Waals surface area (Å²) in [6, 6.07) is 1.07. The monoisotopic (exact) mass is 279 g/mol. The first-order valence-electron chi connectivity index (χ1n) is 6.63. The molecule has 0 radical (unpaired) electrons. The van der Waals surface area contributed by atoms with Gasteiger partial charge in [0.1, 0.15) is 0 Å². The molecule has 6 nitrogen and oxygen atoms in total. The van der Waals surface area contributed by atoms with Crippen LogP contribution in [0.5, 0.6) is 0 Å². The average Bonchev–Trinajstić information content (AvgIpc) is 2.90. The normalized spacial score (nSPS) is 23.6. The summed E-state index contributed by atoms with van der Waals surface area (Å²) in [6.07, 6.45) is 0.675. The van der Waals surface area contributed by atoms with Crippen molar-refractivity contribution in [2.24, 2.45) is 0 Å². The van der Waals surface area contributed by atoms with Gasteiger partial charge in [0.2, 0.25) is 5.88 Å². The number of hydrogen-bond acceptors (Lipinski definition) is 4. The molecule has 1 aromatic rings. The molecule has 2 rings (SSSR count). The van der Waals surface area contributed by atoms with Crippen LogP contribution in [-0.2, 0) is 5.41 Å². The molecule has 0 bridgehead atoms. The molecule has 1 N–H and O–H groups in total. The molecule has 6 heteroatoms. The summed E-state index contributed by atoms with van der Waals surface area (Å²) < 4.78 is 5.23. The standard InChI is InChI=1S/C14H21N3O3/c1-6-7-16-9(2)12(18)17(13(16)19)11-8-10(15-20-11)14(3,4)5/h6,8-9,12,18H,1,7H2,2-5H3. The Bertz CT molecular complexity index is 518. The lowest BCUT2D eigenvalue weighted by Crippen LogP contribution is -2.35. The van der Waals surface area contributed by atoms with E-state index in [1.54, 1.807) is 19.1 Å². The summed E-state index contributed by atoms with van der Waals surface area (Å²) in [4.78, 5) is 15.1. The number of carbonyl (C=O) groups excluding carboxylic acids is 1. The predicted molar refractivity (Wildman–Crippen MR) is 75.4 cm³/mol. The van der Waals surface area contributed by atoms with Crippen molar-refractivity contribution in [3.63, 3.8) is 0 Å². The first-order valence-corrected chi connectivity index (χ1v) is 6.63. The Hall–Kier alpha value is -1.82. The predicted octanol–water partition coefficient (Wildman–Crippen LogP) is 2.11. The van der Waals surface area contributed by atoms with Gasteiger partial charge in [-0.15, -0.1) is 6.58 Å². The van der Waals surface area contributed by atoms with Crippen LogP contribution < -0.4 is 4.90 Å². The molecule has 2 atom stereocenters. The molecule has 0 saturated carbocycles. The Balaban J connectivity index is 2.31. The first-order chi connectivity index (χ1) is 9.27. The molecule has 2 heterocycles. The quantitative estimate of drug-likeness (QED) is 0.860. The Labute approximate surface area is 118 Å². The highest BCUT2D eigenvalue weighted by Crippen LogP contribution is 2.31. The Morgan fingerprint density at radius 1 is 1.55 bits per heavy atom. The van der Waals surface area contributed by atoms with E-state index in [2.05, 4.69) is 11.7 Å². The van der Waals surface area contributed by atoms with Crippen molar-refractivity contribution >= 4 is 11.9 Å². The number of amides is 2. The highest BCUT2D eigenvalue weighted by molar-refractivity contribution is 5.93. The van der Waals surface area contributed by atoms with Crippen molar-refractivity contribution in [3.05, 3.63) is 24.4 Å². The molecule has 1 fully saturated rings. The second-order valence-corrected chi connectivity index (χ2v) is 6.05. The Morgan fingerprint density at radius 2 is 2.20 bits per heavy atom. The van der Waals surface area contributed by atoms with E-state index in [0.29, 0.717) is 6.54 Å². The third kappa shape index (κ3) is 2.31. The van der Waals surface area contributed by atoms with E-state index in [1.807, 2.05) is 20.8 Å². The van der Waals surface area contributed by atoms with E-state index in [1.165, 1.54) is 9.80 Å². The van der Waals surface area contributed by atoms with Crippen LogP contribution in [0.3, 0.4) is 0 Å². The molecule has 0 spiro atoms. The van der Waals surface area contributed by atoms with Crippen molar-refractivity contribution < 1.29 is 14.4 Å². The summed E-state index contributed by atoms with van der Waals surface area (Å²) in [5, 5.41) is 14.2. The number of urea groups is 1. The largest absolute Gasteiger partial charge is 0.371 e. The smallest absolute Gasteiger partial charge is 0.329 e. The zero-order valence-corrected chi connectivity index (χ0v) is 12.3. The van der Waals surface area contributed by atoms with Crippen LogP contribution in [0.1, 0.15) is 33.4 Å². The highest BCUT2D eigenvalue weighted by Gasteiger charge is 2.44. The number of nitrogens with zero attached hydrogens (tertiary/aromatic N) is 3. The zero-order chi connectivity index (χ0) is 15.1. The molecular formula is C14H21N3O3. The Morgan fingerprint density at radius 3 is 2.70 bits per heavy atom. The molecule has 2 unspecified atom stereocenters. The van der Waals surface area contributed by atoms with Crippen molar-refractivity contribution in [1.82, 2.24) is 10.1 Å². The summed E-state index contributed by atoms with van der Waals surface area (Å²) >= 11 is 0. The van der Waals surface area contributed by atoms with Crippen LogP contribution in [0.2, 0.25) is 0 Å². The van der Waals surface area contributed by atoms with Crippen LogP contribution in [0, 0.1) is 0 Å². The van der Waals surface area contributed by atoms with Crippen molar-refractivity contribution in [3.8, 4) is 0 Å². The molecule has 1 saturated heterocycles. The molecule has 1 aliphatic heterocycles.